The fourth-order valence-electron chi connectivity index (χ4n) is 10.9. The van der Waals surface area contributed by atoms with Gasteiger partial charge >= 0.3 is 0 Å². The number of unbranched alkanes of at least 4 members (excludes halogenated alkanes) is 4. The van der Waals surface area contributed by atoms with E-state index in [-0.39, 0.29) is 10.8 Å². The third kappa shape index (κ3) is 6.18. The number of rotatable bonds is 10. The summed E-state index contributed by atoms with van der Waals surface area (Å²) in [4.78, 5) is 0. The number of halogens is 2. The molecule has 0 aromatic heterocycles. The largest absolute Gasteiger partial charge is 0.129 e. The third-order valence-electron chi connectivity index (χ3n) is 13.5. The molecular weight excluding hydrogens is 503 g/mol. The van der Waals surface area contributed by atoms with Crippen molar-refractivity contribution < 1.29 is 0 Å². The van der Waals surface area contributed by atoms with Crippen molar-refractivity contribution >= 4 is 23.2 Å². The predicted octanol–water partition coefficient (Wildman–Crippen LogP) is 12.7. The van der Waals surface area contributed by atoms with E-state index >= 15 is 0 Å². The molecule has 0 nitrogen and oxygen atoms in total. The molecule has 5 rings (SSSR count). The van der Waals surface area contributed by atoms with Crippen LogP contribution in [0.4, 0.5) is 0 Å². The van der Waals surface area contributed by atoms with Crippen molar-refractivity contribution in [3.05, 3.63) is 0 Å². The van der Waals surface area contributed by atoms with Gasteiger partial charge in [0.25, 0.3) is 0 Å². The molecule has 0 N–H and O–H groups in total. The number of alkyl halides is 2. The van der Waals surface area contributed by atoms with Crippen molar-refractivity contribution in [1.82, 2.24) is 0 Å². The van der Waals surface area contributed by atoms with E-state index in [9.17, 15) is 0 Å². The van der Waals surface area contributed by atoms with Crippen molar-refractivity contribution in [2.45, 2.75) is 179 Å². The highest BCUT2D eigenvalue weighted by molar-refractivity contribution is 6.50. The van der Waals surface area contributed by atoms with Crippen molar-refractivity contribution in [2.24, 2.45) is 46.3 Å². The molecule has 0 unspecified atom stereocenters. The van der Waals surface area contributed by atoms with Crippen LogP contribution in [-0.2, 0) is 0 Å². The van der Waals surface area contributed by atoms with E-state index < -0.39 is 4.33 Å². The van der Waals surface area contributed by atoms with Gasteiger partial charge in [-0.15, -0.1) is 23.2 Å². The summed E-state index contributed by atoms with van der Waals surface area (Å²) in [5.74, 6) is 6.00. The van der Waals surface area contributed by atoms with Gasteiger partial charge in [-0.3, -0.25) is 0 Å². The van der Waals surface area contributed by atoms with Crippen LogP contribution < -0.4 is 0 Å². The lowest BCUT2D eigenvalue weighted by molar-refractivity contribution is -0.122. The van der Waals surface area contributed by atoms with E-state index in [0.29, 0.717) is 0 Å². The van der Waals surface area contributed by atoms with Crippen LogP contribution in [0.3, 0.4) is 0 Å². The molecule has 0 amide bonds. The Morgan fingerprint density at radius 2 is 0.816 bits per heavy atom. The molecule has 220 valence electrons. The summed E-state index contributed by atoms with van der Waals surface area (Å²) in [5, 5.41) is 0. The monoisotopic (exact) mass is 564 g/mol. The van der Waals surface area contributed by atoms with Crippen LogP contribution in [0.1, 0.15) is 174 Å². The Kier molecular flexibility index (Phi) is 10.5. The Morgan fingerprint density at radius 3 is 1.13 bits per heavy atom. The highest BCUT2D eigenvalue weighted by Gasteiger charge is 2.72. The zero-order valence-electron chi connectivity index (χ0n) is 25.4. The van der Waals surface area contributed by atoms with Crippen molar-refractivity contribution in [2.75, 3.05) is 0 Å². The van der Waals surface area contributed by atoms with E-state index in [2.05, 4.69) is 13.8 Å². The Bertz CT molecular complexity index is 637. The van der Waals surface area contributed by atoms with Gasteiger partial charge in [-0.1, -0.05) is 90.9 Å². The summed E-state index contributed by atoms with van der Waals surface area (Å²) in [5.41, 5.74) is 0.487. The Balaban J connectivity index is 1.04. The maximum atomic E-state index is 7.47. The molecule has 5 aliphatic carbocycles. The van der Waals surface area contributed by atoms with Gasteiger partial charge < -0.3 is 0 Å². The van der Waals surface area contributed by atoms with Crippen molar-refractivity contribution in [3.8, 4) is 0 Å². The van der Waals surface area contributed by atoms with Gasteiger partial charge in [-0.25, -0.2) is 0 Å². The van der Waals surface area contributed by atoms with Crippen LogP contribution in [0.15, 0.2) is 0 Å². The first kappa shape index (κ1) is 30.1. The van der Waals surface area contributed by atoms with Crippen LogP contribution in [-0.4, -0.2) is 4.33 Å². The number of hydrogen-bond donors (Lipinski definition) is 0. The van der Waals surface area contributed by atoms with Crippen LogP contribution in [0.25, 0.3) is 0 Å². The zero-order valence-corrected chi connectivity index (χ0v) is 26.9. The van der Waals surface area contributed by atoms with Gasteiger partial charge in [-0.2, -0.15) is 0 Å². The fraction of sp³-hybridized carbons (Fsp3) is 1.00. The summed E-state index contributed by atoms with van der Waals surface area (Å²) >= 11 is 14.9. The first-order valence-electron chi connectivity index (χ1n) is 17.8. The van der Waals surface area contributed by atoms with Gasteiger partial charge in [0.15, 0.2) is 0 Å². The summed E-state index contributed by atoms with van der Waals surface area (Å²) < 4.78 is -0.455. The second kappa shape index (κ2) is 13.3. The van der Waals surface area contributed by atoms with E-state index in [1.807, 2.05) is 0 Å². The summed E-state index contributed by atoms with van der Waals surface area (Å²) in [6.45, 7) is 4.67. The second-order valence-corrected chi connectivity index (χ2v) is 16.9. The molecule has 0 bridgehead atoms. The lowest BCUT2D eigenvalue weighted by Crippen LogP contribution is -2.66. The molecule has 2 spiro atoms. The van der Waals surface area contributed by atoms with Gasteiger partial charge in [0.1, 0.15) is 4.33 Å². The van der Waals surface area contributed by atoms with Crippen LogP contribution in [0.5, 0.6) is 0 Å². The first-order valence-corrected chi connectivity index (χ1v) is 18.6. The lowest BCUT2D eigenvalue weighted by atomic mass is 9.42. The van der Waals surface area contributed by atoms with Crippen molar-refractivity contribution in [1.29, 1.82) is 0 Å². The van der Waals surface area contributed by atoms with Gasteiger partial charge in [-0.05, 0) is 119 Å². The molecule has 0 heterocycles. The standard InChI is InChI=1S/C36H62Cl2/c1-3-5-7-9-28-11-15-30(16-12-28)32-19-23-34(24-20-32)27-35(36(34,37)38)25-21-33(22-26-35)31-17-13-29(14-18-31)10-8-6-4-2/h28-33H,3-27H2,1-2H3. The Labute approximate surface area is 247 Å². The fourth-order valence-corrected chi connectivity index (χ4v) is 11.9. The minimum Gasteiger partial charge on any atom is -0.100 e. The van der Waals surface area contributed by atoms with Crippen LogP contribution in [0, 0.1) is 46.3 Å². The first-order chi connectivity index (χ1) is 18.4. The summed E-state index contributed by atoms with van der Waals surface area (Å²) in [6.07, 6.45) is 35.8. The Hall–Kier alpha value is 0.580. The van der Waals surface area contributed by atoms with E-state index in [4.69, 9.17) is 23.2 Å². The molecule has 5 aliphatic rings. The van der Waals surface area contributed by atoms with Crippen LogP contribution >= 0.6 is 23.2 Å². The summed E-state index contributed by atoms with van der Waals surface area (Å²) in [7, 11) is 0. The molecule has 38 heavy (non-hydrogen) atoms. The van der Waals surface area contributed by atoms with Crippen LogP contribution in [0.2, 0.25) is 0 Å². The normalized spacial score (nSPS) is 43.3. The molecule has 5 saturated carbocycles. The lowest BCUT2D eigenvalue weighted by Gasteiger charge is -2.69. The summed E-state index contributed by atoms with van der Waals surface area (Å²) in [6, 6.07) is 0. The topological polar surface area (TPSA) is 0 Å². The maximum Gasteiger partial charge on any atom is 0.129 e. The molecule has 5 fully saturated rings. The quantitative estimate of drug-likeness (QED) is 0.183. The number of hydrogen-bond acceptors (Lipinski definition) is 0. The molecule has 0 aliphatic heterocycles. The molecule has 0 saturated heterocycles. The minimum atomic E-state index is -0.455. The molecule has 0 aromatic rings. The highest BCUT2D eigenvalue weighted by Crippen LogP contribution is 2.77. The smallest absolute Gasteiger partial charge is 0.100 e. The van der Waals surface area contributed by atoms with Gasteiger partial charge in [0, 0.05) is 10.8 Å². The van der Waals surface area contributed by atoms with Crippen molar-refractivity contribution in [3.63, 3.8) is 0 Å². The van der Waals surface area contributed by atoms with Gasteiger partial charge in [0.2, 0.25) is 0 Å². The molecular formula is C36H62Cl2. The highest BCUT2D eigenvalue weighted by atomic mass is 35.5. The maximum absolute atomic E-state index is 7.47. The molecule has 2 heteroatoms. The van der Waals surface area contributed by atoms with Gasteiger partial charge in [0.05, 0.1) is 0 Å². The Morgan fingerprint density at radius 1 is 0.474 bits per heavy atom. The van der Waals surface area contributed by atoms with E-state index in [0.717, 1.165) is 35.5 Å². The predicted molar refractivity (Wildman–Crippen MR) is 167 cm³/mol. The van der Waals surface area contributed by atoms with E-state index in [1.54, 1.807) is 0 Å². The molecule has 0 atom stereocenters. The SMILES string of the molecule is CCCCCC1CCC(C2CCC3(CC2)CC2(CCC(C4CCC(CCCCC)CC4)CC2)C3(Cl)Cl)CC1. The molecule has 0 aromatic carbocycles. The van der Waals surface area contributed by atoms with E-state index in [1.165, 1.54) is 161 Å². The average Bonchev–Trinajstić information content (AvgIpc) is 2.95. The zero-order chi connectivity index (χ0) is 26.6. The average molecular weight is 566 g/mol. The third-order valence-corrected chi connectivity index (χ3v) is 15.1. The minimum absolute atomic E-state index is 0.243. The molecule has 0 radical (unpaired) electrons. The second-order valence-electron chi connectivity index (χ2n) is 15.5.